The molecule has 9 heteroatoms. The van der Waals surface area contributed by atoms with Gasteiger partial charge in [0.1, 0.15) is 11.5 Å². The standard InChI is InChI=1S/C27H31FN4O3S/c28-22-10-7-11-23(18-22)32-27(33)26(35-24-12-5-2-6-13-24)25(19-29-32)30-14-16-31(17-15-30)36(34)20-21-8-3-1-4-9-21/h1,3-4,7-11,18-19,24H,2,5-6,12-17,20H2/t36-/m0/s1. The number of aromatic nitrogens is 2. The van der Waals surface area contributed by atoms with Crippen molar-refractivity contribution in [1.82, 2.24) is 14.1 Å². The van der Waals surface area contributed by atoms with Gasteiger partial charge in [-0.2, -0.15) is 9.78 Å². The summed E-state index contributed by atoms with van der Waals surface area (Å²) >= 11 is -1.12. The van der Waals surface area contributed by atoms with Crippen molar-refractivity contribution in [2.45, 2.75) is 44.0 Å². The maximum absolute atomic E-state index is 13.9. The molecule has 36 heavy (non-hydrogen) atoms. The highest BCUT2D eigenvalue weighted by Gasteiger charge is 2.30. The van der Waals surface area contributed by atoms with Gasteiger partial charge in [0.15, 0.2) is 5.75 Å². The Morgan fingerprint density at radius 1 is 1.00 bits per heavy atom. The molecule has 0 unspecified atom stereocenters. The third-order valence-electron chi connectivity index (χ3n) is 6.80. The molecule has 2 aliphatic rings. The lowest BCUT2D eigenvalue weighted by atomic mass is 9.98. The second kappa shape index (κ2) is 11.5. The Morgan fingerprint density at radius 3 is 2.47 bits per heavy atom. The molecule has 0 N–H and O–H groups in total. The van der Waals surface area contributed by atoms with E-state index in [1.165, 1.54) is 23.2 Å². The first-order chi connectivity index (χ1) is 17.6. The van der Waals surface area contributed by atoms with Crippen molar-refractivity contribution in [2.75, 3.05) is 31.1 Å². The van der Waals surface area contributed by atoms with Crippen molar-refractivity contribution in [3.05, 3.63) is 82.5 Å². The largest absolute Gasteiger partial charge is 0.598 e. The van der Waals surface area contributed by atoms with Crippen LogP contribution in [0.5, 0.6) is 5.75 Å². The van der Waals surface area contributed by atoms with Crippen molar-refractivity contribution >= 4 is 17.0 Å². The number of benzene rings is 2. The first kappa shape index (κ1) is 24.8. The Balaban J connectivity index is 1.36. The number of ether oxygens (including phenoxy) is 1. The molecule has 7 nitrogen and oxygen atoms in total. The van der Waals surface area contributed by atoms with Gasteiger partial charge in [-0.05, 0) is 43.9 Å². The number of anilines is 1. The Bertz CT molecular complexity index is 1210. The van der Waals surface area contributed by atoms with Crippen LogP contribution in [0.3, 0.4) is 0 Å². The molecule has 0 amide bonds. The summed E-state index contributed by atoms with van der Waals surface area (Å²) in [5, 5.41) is 4.37. The van der Waals surface area contributed by atoms with Gasteiger partial charge in [0.25, 0.3) is 0 Å². The molecule has 2 fully saturated rings. The molecule has 1 aliphatic carbocycles. The molecular formula is C27H31FN4O3S. The molecular weight excluding hydrogens is 479 g/mol. The summed E-state index contributed by atoms with van der Waals surface area (Å²) in [6.07, 6.45) is 6.78. The van der Waals surface area contributed by atoms with Crippen LogP contribution in [0.1, 0.15) is 37.7 Å². The number of nitrogens with zero attached hydrogens (tertiary/aromatic N) is 4. The molecule has 190 valence electrons. The normalized spacial score (nSPS) is 18.2. The summed E-state index contributed by atoms with van der Waals surface area (Å²) in [5.74, 6) is 0.321. The van der Waals surface area contributed by atoms with Gasteiger partial charge in [-0.15, -0.1) is 4.31 Å². The lowest BCUT2D eigenvalue weighted by Crippen LogP contribution is -2.49. The van der Waals surface area contributed by atoms with Crippen molar-refractivity contribution in [3.63, 3.8) is 0 Å². The fraction of sp³-hybridized carbons (Fsp3) is 0.407. The first-order valence-corrected chi connectivity index (χ1v) is 13.8. The summed E-state index contributed by atoms with van der Waals surface area (Å²) in [5.41, 5.74) is 1.67. The fourth-order valence-corrected chi connectivity index (χ4v) is 6.08. The van der Waals surface area contributed by atoms with Crippen LogP contribution in [-0.2, 0) is 17.1 Å². The lowest BCUT2D eigenvalue weighted by Gasteiger charge is -2.36. The number of halogens is 1. The van der Waals surface area contributed by atoms with Gasteiger partial charge >= 0.3 is 5.56 Å². The van der Waals surface area contributed by atoms with Crippen LogP contribution in [0, 0.1) is 5.82 Å². The lowest BCUT2D eigenvalue weighted by molar-refractivity contribution is 0.152. The minimum absolute atomic E-state index is 0.0202. The van der Waals surface area contributed by atoms with Crippen LogP contribution in [0.15, 0.2) is 65.6 Å². The second-order valence-corrected chi connectivity index (χ2v) is 10.7. The van der Waals surface area contributed by atoms with Crippen LogP contribution in [0.4, 0.5) is 10.1 Å². The predicted octanol–water partition coefficient (Wildman–Crippen LogP) is 4.07. The summed E-state index contributed by atoms with van der Waals surface area (Å²) in [6.45, 7) is 2.42. The van der Waals surface area contributed by atoms with E-state index < -0.39 is 22.7 Å². The van der Waals surface area contributed by atoms with Gasteiger partial charge in [0.05, 0.1) is 31.1 Å². The Hall–Kier alpha value is -2.88. The number of hydrogen-bond acceptors (Lipinski definition) is 6. The maximum atomic E-state index is 13.9. The quantitative estimate of drug-likeness (QED) is 0.446. The van der Waals surface area contributed by atoms with E-state index >= 15 is 0 Å². The van der Waals surface area contributed by atoms with Gasteiger partial charge in [-0.3, -0.25) is 4.79 Å². The van der Waals surface area contributed by atoms with Crippen molar-refractivity contribution in [2.24, 2.45) is 0 Å². The van der Waals surface area contributed by atoms with Crippen LogP contribution < -0.4 is 15.2 Å². The minimum atomic E-state index is -1.12. The zero-order valence-electron chi connectivity index (χ0n) is 20.2. The van der Waals surface area contributed by atoms with E-state index in [2.05, 4.69) is 10.00 Å². The number of hydrogen-bond donors (Lipinski definition) is 0. The molecule has 1 aromatic heterocycles. The second-order valence-electron chi connectivity index (χ2n) is 9.30. The van der Waals surface area contributed by atoms with Crippen LogP contribution >= 0.6 is 0 Å². The van der Waals surface area contributed by atoms with Gasteiger partial charge in [-0.25, -0.2) is 4.39 Å². The van der Waals surface area contributed by atoms with E-state index in [0.717, 1.165) is 31.2 Å². The van der Waals surface area contributed by atoms with E-state index in [4.69, 9.17) is 4.74 Å². The molecule has 5 rings (SSSR count). The average Bonchev–Trinajstić information content (AvgIpc) is 2.91. The van der Waals surface area contributed by atoms with E-state index in [1.807, 2.05) is 34.6 Å². The van der Waals surface area contributed by atoms with E-state index in [9.17, 15) is 13.7 Å². The van der Waals surface area contributed by atoms with E-state index in [-0.39, 0.29) is 11.9 Å². The highest BCUT2D eigenvalue weighted by Crippen LogP contribution is 2.30. The number of piperazine rings is 1. The summed E-state index contributed by atoms with van der Waals surface area (Å²) in [6, 6.07) is 15.7. The molecule has 2 heterocycles. The molecule has 1 aliphatic heterocycles. The third kappa shape index (κ3) is 5.74. The van der Waals surface area contributed by atoms with Gasteiger partial charge < -0.3 is 14.2 Å². The SMILES string of the molecule is O=c1c(OC2CCCCC2)c(N2CCN([S@@+]([O-])Cc3ccccc3)CC2)cnn1-c1cccc(F)c1. The fourth-order valence-electron chi connectivity index (χ4n) is 4.85. The smallest absolute Gasteiger partial charge is 0.316 e. The Kier molecular flexibility index (Phi) is 7.89. The zero-order valence-corrected chi connectivity index (χ0v) is 21.0. The Labute approximate surface area is 213 Å². The van der Waals surface area contributed by atoms with Crippen LogP contribution in [0.25, 0.3) is 5.69 Å². The van der Waals surface area contributed by atoms with Gasteiger partial charge in [0, 0.05) is 30.0 Å². The highest BCUT2D eigenvalue weighted by molar-refractivity contribution is 7.88. The highest BCUT2D eigenvalue weighted by atomic mass is 32.2. The maximum Gasteiger partial charge on any atom is 0.316 e. The third-order valence-corrected chi connectivity index (χ3v) is 8.33. The first-order valence-electron chi connectivity index (χ1n) is 12.6. The topological polar surface area (TPSA) is 73.7 Å². The van der Waals surface area contributed by atoms with E-state index in [1.54, 1.807) is 18.3 Å². The molecule has 0 radical (unpaired) electrons. The Morgan fingerprint density at radius 2 is 1.75 bits per heavy atom. The van der Waals surface area contributed by atoms with Crippen LogP contribution in [0.2, 0.25) is 0 Å². The molecule has 3 aromatic rings. The predicted molar refractivity (Wildman–Crippen MR) is 139 cm³/mol. The zero-order chi connectivity index (χ0) is 24.9. The summed E-state index contributed by atoms with van der Waals surface area (Å²) in [4.78, 5) is 15.6. The molecule has 1 atom stereocenters. The number of rotatable bonds is 7. The molecule has 1 saturated carbocycles. The van der Waals surface area contributed by atoms with E-state index in [0.29, 0.717) is 43.3 Å². The monoisotopic (exact) mass is 510 g/mol. The van der Waals surface area contributed by atoms with Gasteiger partial charge in [-0.1, -0.05) is 42.8 Å². The van der Waals surface area contributed by atoms with Crippen molar-refractivity contribution < 1.29 is 13.7 Å². The minimum Gasteiger partial charge on any atom is -0.598 e. The average molecular weight is 511 g/mol. The molecule has 2 aromatic carbocycles. The molecule has 0 bridgehead atoms. The molecule has 1 saturated heterocycles. The van der Waals surface area contributed by atoms with Crippen LogP contribution in [-0.4, -0.2) is 50.9 Å². The summed E-state index contributed by atoms with van der Waals surface area (Å²) < 4.78 is 36.3. The molecule has 0 spiro atoms. The summed E-state index contributed by atoms with van der Waals surface area (Å²) in [7, 11) is 0. The van der Waals surface area contributed by atoms with Crippen molar-refractivity contribution in [1.29, 1.82) is 0 Å². The van der Waals surface area contributed by atoms with Crippen molar-refractivity contribution in [3.8, 4) is 11.4 Å². The van der Waals surface area contributed by atoms with Gasteiger partial charge in [0.2, 0.25) is 5.75 Å².